The summed E-state index contributed by atoms with van der Waals surface area (Å²) in [4.78, 5) is 23.2. The summed E-state index contributed by atoms with van der Waals surface area (Å²) in [5, 5.41) is 8.49. The summed E-state index contributed by atoms with van der Waals surface area (Å²) in [6.07, 6.45) is 0.336. The Balaban J connectivity index is 1.89. The van der Waals surface area contributed by atoms with E-state index < -0.39 is 0 Å². The highest BCUT2D eigenvalue weighted by atomic mass is 16.5. The Kier molecular flexibility index (Phi) is 5.09. The zero-order chi connectivity index (χ0) is 14.4. The Labute approximate surface area is 117 Å². The van der Waals surface area contributed by atoms with Crippen LogP contribution in [0.3, 0.4) is 0 Å². The molecule has 0 spiro atoms. The quantitative estimate of drug-likeness (QED) is 0.718. The van der Waals surface area contributed by atoms with E-state index in [4.69, 9.17) is 4.74 Å². The highest BCUT2D eigenvalue weighted by Gasteiger charge is 2.20. The molecule has 3 N–H and O–H groups in total. The predicted molar refractivity (Wildman–Crippen MR) is 75.5 cm³/mol. The Bertz CT molecular complexity index is 467. The second-order valence-electron chi connectivity index (χ2n) is 4.62. The van der Waals surface area contributed by atoms with Gasteiger partial charge in [0, 0.05) is 19.3 Å². The molecule has 1 unspecified atom stereocenters. The molecule has 1 saturated heterocycles. The lowest BCUT2D eigenvalue weighted by molar-refractivity contribution is -0.121. The minimum atomic E-state index is -0.311. The van der Waals surface area contributed by atoms with Gasteiger partial charge in [-0.15, -0.1) is 0 Å². The first kappa shape index (κ1) is 14.5. The van der Waals surface area contributed by atoms with Crippen LogP contribution in [-0.2, 0) is 20.7 Å². The van der Waals surface area contributed by atoms with Gasteiger partial charge in [0.15, 0.2) is 0 Å². The Morgan fingerprint density at radius 2 is 2.10 bits per heavy atom. The number of nitrogens with one attached hydrogen (secondary N) is 3. The van der Waals surface area contributed by atoms with E-state index >= 15 is 0 Å². The molecule has 1 aliphatic heterocycles. The Morgan fingerprint density at radius 3 is 2.70 bits per heavy atom. The first-order valence-electron chi connectivity index (χ1n) is 6.60. The van der Waals surface area contributed by atoms with Crippen molar-refractivity contribution >= 4 is 17.5 Å². The van der Waals surface area contributed by atoms with Gasteiger partial charge in [-0.3, -0.25) is 9.59 Å². The van der Waals surface area contributed by atoms with E-state index in [9.17, 15) is 9.59 Å². The van der Waals surface area contributed by atoms with Gasteiger partial charge >= 0.3 is 0 Å². The average molecular weight is 277 g/mol. The monoisotopic (exact) mass is 277 g/mol. The van der Waals surface area contributed by atoms with Crippen molar-refractivity contribution in [2.24, 2.45) is 0 Å². The molecule has 1 fully saturated rings. The number of morpholine rings is 1. The van der Waals surface area contributed by atoms with Gasteiger partial charge in [0.05, 0.1) is 19.6 Å². The fourth-order valence-corrected chi connectivity index (χ4v) is 1.94. The molecule has 2 rings (SSSR count). The van der Waals surface area contributed by atoms with Gasteiger partial charge < -0.3 is 20.7 Å². The maximum Gasteiger partial charge on any atom is 0.243 e. The third-order valence-corrected chi connectivity index (χ3v) is 3.10. The third kappa shape index (κ3) is 4.04. The average Bonchev–Trinajstić information content (AvgIpc) is 2.50. The van der Waals surface area contributed by atoms with Crippen molar-refractivity contribution in [1.82, 2.24) is 10.6 Å². The zero-order valence-corrected chi connectivity index (χ0v) is 11.4. The van der Waals surface area contributed by atoms with E-state index in [0.29, 0.717) is 31.9 Å². The van der Waals surface area contributed by atoms with Crippen molar-refractivity contribution in [3.63, 3.8) is 0 Å². The minimum Gasteiger partial charge on any atom is -0.378 e. The van der Waals surface area contributed by atoms with Crippen LogP contribution in [0.2, 0.25) is 0 Å². The summed E-state index contributed by atoms with van der Waals surface area (Å²) in [7, 11) is 1.61. The maximum atomic E-state index is 12.0. The minimum absolute atomic E-state index is 0.0367. The van der Waals surface area contributed by atoms with E-state index in [1.54, 1.807) is 19.2 Å². The van der Waals surface area contributed by atoms with Crippen LogP contribution in [0, 0.1) is 0 Å². The molecule has 6 nitrogen and oxygen atoms in total. The first-order chi connectivity index (χ1) is 9.69. The van der Waals surface area contributed by atoms with E-state index in [1.807, 2.05) is 12.1 Å². The summed E-state index contributed by atoms with van der Waals surface area (Å²) < 4.78 is 5.25. The molecular weight excluding hydrogens is 258 g/mol. The lowest BCUT2D eigenvalue weighted by Gasteiger charge is -2.22. The molecule has 2 amide bonds. The van der Waals surface area contributed by atoms with Crippen LogP contribution in [0.4, 0.5) is 5.69 Å². The third-order valence-electron chi connectivity index (χ3n) is 3.10. The number of likely N-dealkylation sites (N-methyl/N-ethyl adjacent to an activating group) is 1. The normalized spacial score (nSPS) is 18.4. The van der Waals surface area contributed by atoms with Crippen LogP contribution < -0.4 is 16.0 Å². The van der Waals surface area contributed by atoms with Crippen molar-refractivity contribution in [3.8, 4) is 0 Å². The number of benzene rings is 1. The van der Waals surface area contributed by atoms with Crippen LogP contribution in [0.15, 0.2) is 24.3 Å². The standard InChI is InChI=1S/C14H19N3O3/c1-15-13(18)8-10-2-4-11(5-3-10)17-14(19)12-9-20-7-6-16-12/h2-5,12,16H,6-9H2,1H3,(H,15,18)(H,17,19). The van der Waals surface area contributed by atoms with Crippen molar-refractivity contribution < 1.29 is 14.3 Å². The van der Waals surface area contributed by atoms with Crippen LogP contribution in [-0.4, -0.2) is 44.7 Å². The highest BCUT2D eigenvalue weighted by Crippen LogP contribution is 2.11. The van der Waals surface area contributed by atoms with Crippen molar-refractivity contribution in [3.05, 3.63) is 29.8 Å². The van der Waals surface area contributed by atoms with Gasteiger partial charge in [-0.1, -0.05) is 12.1 Å². The van der Waals surface area contributed by atoms with Crippen LogP contribution in [0.1, 0.15) is 5.56 Å². The molecule has 0 aromatic heterocycles. The second kappa shape index (κ2) is 7.02. The number of hydrogen-bond donors (Lipinski definition) is 3. The van der Waals surface area contributed by atoms with Gasteiger partial charge in [-0.2, -0.15) is 0 Å². The van der Waals surface area contributed by atoms with Crippen molar-refractivity contribution in [1.29, 1.82) is 0 Å². The molecule has 0 bridgehead atoms. The molecule has 0 saturated carbocycles. The van der Waals surface area contributed by atoms with Gasteiger partial charge in [0.1, 0.15) is 6.04 Å². The number of amides is 2. The number of carbonyl (C=O) groups is 2. The predicted octanol–water partition coefficient (Wildman–Crippen LogP) is -0.0980. The second-order valence-corrected chi connectivity index (χ2v) is 4.62. The molecule has 108 valence electrons. The first-order valence-corrected chi connectivity index (χ1v) is 6.60. The van der Waals surface area contributed by atoms with Gasteiger partial charge in [0.2, 0.25) is 11.8 Å². The van der Waals surface area contributed by atoms with E-state index in [0.717, 1.165) is 5.56 Å². The summed E-state index contributed by atoms with van der Waals surface area (Å²) in [5.41, 5.74) is 1.62. The molecule has 0 aliphatic carbocycles. The Morgan fingerprint density at radius 1 is 1.35 bits per heavy atom. The summed E-state index contributed by atoms with van der Waals surface area (Å²) in [6, 6.07) is 6.93. The molecule has 6 heteroatoms. The molecule has 1 aromatic rings. The van der Waals surface area contributed by atoms with Crippen molar-refractivity contribution in [2.75, 3.05) is 32.1 Å². The fraction of sp³-hybridized carbons (Fsp3) is 0.429. The molecule has 0 radical (unpaired) electrons. The molecular formula is C14H19N3O3. The van der Waals surface area contributed by atoms with E-state index in [2.05, 4.69) is 16.0 Å². The van der Waals surface area contributed by atoms with Crippen LogP contribution in [0.5, 0.6) is 0 Å². The van der Waals surface area contributed by atoms with E-state index in [1.165, 1.54) is 0 Å². The van der Waals surface area contributed by atoms with Crippen LogP contribution in [0.25, 0.3) is 0 Å². The smallest absolute Gasteiger partial charge is 0.243 e. The molecule has 20 heavy (non-hydrogen) atoms. The number of hydrogen-bond acceptors (Lipinski definition) is 4. The van der Waals surface area contributed by atoms with Gasteiger partial charge in [-0.25, -0.2) is 0 Å². The summed E-state index contributed by atoms with van der Waals surface area (Å²) in [6.45, 7) is 1.71. The number of ether oxygens (including phenoxy) is 1. The van der Waals surface area contributed by atoms with Crippen LogP contribution >= 0.6 is 0 Å². The summed E-state index contributed by atoms with van der Waals surface area (Å²) >= 11 is 0. The Hall–Kier alpha value is -1.92. The molecule has 1 aromatic carbocycles. The topological polar surface area (TPSA) is 79.5 Å². The maximum absolute atomic E-state index is 12.0. The molecule has 1 atom stereocenters. The molecule has 1 aliphatic rings. The van der Waals surface area contributed by atoms with E-state index in [-0.39, 0.29) is 17.9 Å². The summed E-state index contributed by atoms with van der Waals surface area (Å²) in [5.74, 6) is -0.144. The highest BCUT2D eigenvalue weighted by molar-refractivity contribution is 5.95. The lowest BCUT2D eigenvalue weighted by Crippen LogP contribution is -2.48. The van der Waals surface area contributed by atoms with Gasteiger partial charge in [0.25, 0.3) is 0 Å². The zero-order valence-electron chi connectivity index (χ0n) is 11.4. The SMILES string of the molecule is CNC(=O)Cc1ccc(NC(=O)C2COCCN2)cc1. The largest absolute Gasteiger partial charge is 0.378 e. The molecule has 1 heterocycles. The number of carbonyl (C=O) groups excluding carboxylic acids is 2. The van der Waals surface area contributed by atoms with Crippen molar-refractivity contribution in [2.45, 2.75) is 12.5 Å². The number of anilines is 1. The lowest BCUT2D eigenvalue weighted by atomic mass is 10.1. The van der Waals surface area contributed by atoms with Gasteiger partial charge in [-0.05, 0) is 17.7 Å². The number of rotatable bonds is 4. The fourth-order valence-electron chi connectivity index (χ4n) is 1.94.